The lowest BCUT2D eigenvalue weighted by molar-refractivity contribution is 0.413. The van der Waals surface area contributed by atoms with Crippen molar-refractivity contribution in [3.8, 4) is 11.8 Å². The highest BCUT2D eigenvalue weighted by molar-refractivity contribution is 6.32. The summed E-state index contributed by atoms with van der Waals surface area (Å²) in [7, 11) is 1.59. The Bertz CT molecular complexity index is 395. The maximum Gasteiger partial charge on any atom is 0.137 e. The third-order valence-electron chi connectivity index (χ3n) is 2.37. The van der Waals surface area contributed by atoms with E-state index >= 15 is 0 Å². The van der Waals surface area contributed by atoms with Crippen molar-refractivity contribution in [1.29, 1.82) is 5.26 Å². The predicted molar refractivity (Wildman–Crippen MR) is 50.1 cm³/mol. The van der Waals surface area contributed by atoms with Gasteiger partial charge in [0.1, 0.15) is 5.75 Å². The molecule has 1 aromatic carbocycles. The first-order chi connectivity index (χ1) is 6.26. The summed E-state index contributed by atoms with van der Waals surface area (Å²) < 4.78 is 5.07. The minimum atomic E-state index is 0.0263. The Morgan fingerprint density at radius 3 is 3.00 bits per heavy atom. The minimum absolute atomic E-state index is 0.0263. The van der Waals surface area contributed by atoms with Crippen molar-refractivity contribution in [3.63, 3.8) is 0 Å². The van der Waals surface area contributed by atoms with E-state index in [1.807, 2.05) is 12.1 Å². The highest BCUT2D eigenvalue weighted by Crippen LogP contribution is 2.40. The number of methoxy groups -OCH3 is 1. The molecule has 0 amide bonds. The Hall–Kier alpha value is -1.20. The number of nitriles is 1. The van der Waals surface area contributed by atoms with Crippen molar-refractivity contribution in [2.45, 2.75) is 12.3 Å². The highest BCUT2D eigenvalue weighted by atomic mass is 35.5. The molecular weight excluding hydrogens is 186 g/mol. The SMILES string of the molecule is COc1cc2c(cc1Cl)C(C#N)C2. The van der Waals surface area contributed by atoms with Gasteiger partial charge < -0.3 is 4.74 Å². The summed E-state index contributed by atoms with van der Waals surface area (Å²) in [5.74, 6) is 0.718. The number of halogens is 1. The molecule has 0 heterocycles. The summed E-state index contributed by atoms with van der Waals surface area (Å²) in [5, 5.41) is 9.31. The third kappa shape index (κ3) is 1.16. The normalized spacial score (nSPS) is 18.4. The van der Waals surface area contributed by atoms with E-state index in [-0.39, 0.29) is 5.92 Å². The number of hydrogen-bond acceptors (Lipinski definition) is 2. The van der Waals surface area contributed by atoms with Gasteiger partial charge in [0, 0.05) is 0 Å². The number of nitrogens with zero attached hydrogens (tertiary/aromatic N) is 1. The van der Waals surface area contributed by atoms with Gasteiger partial charge in [-0.15, -0.1) is 0 Å². The molecule has 0 radical (unpaired) electrons. The molecule has 0 saturated carbocycles. The fraction of sp³-hybridized carbons (Fsp3) is 0.300. The van der Waals surface area contributed by atoms with Gasteiger partial charge in [0.05, 0.1) is 24.1 Å². The molecule has 0 aromatic heterocycles. The molecular formula is C10H8ClNO. The van der Waals surface area contributed by atoms with Crippen LogP contribution in [0.3, 0.4) is 0 Å². The fourth-order valence-electron chi connectivity index (χ4n) is 1.58. The Morgan fingerprint density at radius 2 is 2.38 bits per heavy atom. The van der Waals surface area contributed by atoms with Crippen LogP contribution in [0.1, 0.15) is 17.0 Å². The van der Waals surface area contributed by atoms with Gasteiger partial charge in [-0.2, -0.15) is 5.26 Å². The number of ether oxygens (including phenoxy) is 1. The van der Waals surface area contributed by atoms with Crippen LogP contribution in [0.5, 0.6) is 5.75 Å². The molecule has 1 atom stereocenters. The van der Waals surface area contributed by atoms with Crippen LogP contribution in [0.2, 0.25) is 5.02 Å². The van der Waals surface area contributed by atoms with Gasteiger partial charge in [0.2, 0.25) is 0 Å². The second-order valence-corrected chi connectivity index (χ2v) is 3.48. The van der Waals surface area contributed by atoms with E-state index in [1.54, 1.807) is 7.11 Å². The van der Waals surface area contributed by atoms with Crippen LogP contribution in [-0.4, -0.2) is 7.11 Å². The predicted octanol–water partition coefficient (Wildman–Crippen LogP) is 2.51. The third-order valence-corrected chi connectivity index (χ3v) is 2.66. The van der Waals surface area contributed by atoms with Crippen molar-refractivity contribution in [3.05, 3.63) is 28.3 Å². The molecule has 1 unspecified atom stereocenters. The summed E-state index contributed by atoms with van der Waals surface area (Å²) in [5.41, 5.74) is 2.22. The van der Waals surface area contributed by atoms with E-state index in [1.165, 1.54) is 5.56 Å². The van der Waals surface area contributed by atoms with Gasteiger partial charge >= 0.3 is 0 Å². The summed E-state index contributed by atoms with van der Waals surface area (Å²) in [6.07, 6.45) is 0.819. The van der Waals surface area contributed by atoms with E-state index in [0.29, 0.717) is 10.8 Å². The van der Waals surface area contributed by atoms with Gasteiger partial charge in [-0.3, -0.25) is 0 Å². The lowest BCUT2D eigenvalue weighted by atomic mass is 9.78. The molecule has 1 aliphatic rings. The molecule has 13 heavy (non-hydrogen) atoms. The van der Waals surface area contributed by atoms with E-state index in [2.05, 4.69) is 6.07 Å². The minimum Gasteiger partial charge on any atom is -0.495 e. The Balaban J connectivity index is 2.45. The molecule has 2 rings (SSSR count). The molecule has 0 fully saturated rings. The zero-order valence-electron chi connectivity index (χ0n) is 7.17. The summed E-state index contributed by atoms with van der Waals surface area (Å²) in [4.78, 5) is 0. The lowest BCUT2D eigenvalue weighted by Gasteiger charge is -2.25. The average molecular weight is 194 g/mol. The fourth-order valence-corrected chi connectivity index (χ4v) is 1.83. The molecule has 0 bridgehead atoms. The van der Waals surface area contributed by atoms with E-state index in [0.717, 1.165) is 12.0 Å². The first-order valence-corrected chi connectivity index (χ1v) is 4.40. The number of rotatable bonds is 1. The van der Waals surface area contributed by atoms with Gasteiger partial charge in [0.25, 0.3) is 0 Å². The molecule has 1 aromatic rings. The van der Waals surface area contributed by atoms with Crippen LogP contribution < -0.4 is 4.74 Å². The van der Waals surface area contributed by atoms with Crippen LogP contribution in [0.25, 0.3) is 0 Å². The molecule has 3 heteroatoms. The second-order valence-electron chi connectivity index (χ2n) is 3.07. The topological polar surface area (TPSA) is 33.0 Å². The zero-order chi connectivity index (χ0) is 9.42. The van der Waals surface area contributed by atoms with Gasteiger partial charge in [0.15, 0.2) is 0 Å². The molecule has 1 aliphatic carbocycles. The first-order valence-electron chi connectivity index (χ1n) is 4.02. The van der Waals surface area contributed by atoms with Crippen molar-refractivity contribution in [2.24, 2.45) is 0 Å². The van der Waals surface area contributed by atoms with Crippen LogP contribution in [0.15, 0.2) is 12.1 Å². The molecule has 0 aliphatic heterocycles. The van der Waals surface area contributed by atoms with E-state index in [4.69, 9.17) is 21.6 Å². The quantitative estimate of drug-likeness (QED) is 0.687. The van der Waals surface area contributed by atoms with Crippen LogP contribution in [-0.2, 0) is 6.42 Å². The van der Waals surface area contributed by atoms with Crippen molar-refractivity contribution in [1.82, 2.24) is 0 Å². The molecule has 2 nitrogen and oxygen atoms in total. The second kappa shape index (κ2) is 2.93. The molecule has 0 spiro atoms. The van der Waals surface area contributed by atoms with Crippen molar-refractivity contribution >= 4 is 11.6 Å². The smallest absolute Gasteiger partial charge is 0.137 e. The summed E-state index contributed by atoms with van der Waals surface area (Å²) in [6.45, 7) is 0. The number of benzene rings is 1. The van der Waals surface area contributed by atoms with Crippen LogP contribution >= 0.6 is 11.6 Å². The Labute approximate surface area is 81.7 Å². The number of hydrogen-bond donors (Lipinski definition) is 0. The van der Waals surface area contributed by atoms with Gasteiger partial charge in [-0.05, 0) is 29.7 Å². The molecule has 0 N–H and O–H groups in total. The average Bonchev–Trinajstić information content (AvgIpc) is 2.12. The maximum atomic E-state index is 8.73. The summed E-state index contributed by atoms with van der Waals surface area (Å²) in [6, 6.07) is 5.96. The molecule has 66 valence electrons. The Kier molecular flexibility index (Phi) is 1.90. The van der Waals surface area contributed by atoms with Crippen LogP contribution in [0, 0.1) is 11.3 Å². The van der Waals surface area contributed by atoms with E-state index < -0.39 is 0 Å². The molecule has 0 saturated heterocycles. The monoisotopic (exact) mass is 193 g/mol. The first kappa shape index (κ1) is 8.40. The largest absolute Gasteiger partial charge is 0.495 e. The number of fused-ring (bicyclic) bond motifs is 1. The summed E-state index contributed by atoms with van der Waals surface area (Å²) >= 11 is 5.92. The lowest BCUT2D eigenvalue weighted by Crippen LogP contribution is -2.15. The van der Waals surface area contributed by atoms with Gasteiger partial charge in [-0.1, -0.05) is 11.6 Å². The van der Waals surface area contributed by atoms with Gasteiger partial charge in [-0.25, -0.2) is 0 Å². The van der Waals surface area contributed by atoms with E-state index in [9.17, 15) is 0 Å². The van der Waals surface area contributed by atoms with Crippen LogP contribution in [0.4, 0.5) is 0 Å². The Morgan fingerprint density at radius 1 is 1.62 bits per heavy atom. The highest BCUT2D eigenvalue weighted by Gasteiger charge is 2.27. The zero-order valence-corrected chi connectivity index (χ0v) is 7.93. The van der Waals surface area contributed by atoms with Crippen molar-refractivity contribution in [2.75, 3.05) is 7.11 Å². The standard InChI is InChI=1S/C10H8ClNO/c1-13-10-3-6-2-7(5-12)8(6)4-9(10)11/h3-4,7H,2H2,1H3. The van der Waals surface area contributed by atoms with Crippen molar-refractivity contribution < 1.29 is 4.74 Å². The maximum absolute atomic E-state index is 8.73.